The molecule has 0 aliphatic rings. The lowest BCUT2D eigenvalue weighted by molar-refractivity contribution is -0.869. The van der Waals surface area contributed by atoms with E-state index in [0.717, 1.165) is 36.0 Å². The molecule has 2 amide bonds. The molecule has 2 aromatic rings. The van der Waals surface area contributed by atoms with Crippen molar-refractivity contribution < 1.29 is 14.1 Å². The van der Waals surface area contributed by atoms with Crippen LogP contribution < -0.4 is 5.49 Å². The zero-order valence-corrected chi connectivity index (χ0v) is 18.8. The van der Waals surface area contributed by atoms with Crippen molar-refractivity contribution in [3.05, 3.63) is 34.4 Å². The molecule has 0 aliphatic carbocycles. The SMILES string of the molecule is CCCCn1/c(=N/C)c(C(=O)N(C=O)CC[N+](C)(C)C)nc2cc(C)c(C)cc21. The number of amides is 2. The molecule has 0 radical (unpaired) electrons. The van der Waals surface area contributed by atoms with Gasteiger partial charge in [-0.25, -0.2) is 4.98 Å². The number of carbonyl (C=O) groups excluding carboxylic acids is 2. The predicted molar refractivity (Wildman–Crippen MR) is 116 cm³/mol. The molecule has 2 rings (SSSR count). The van der Waals surface area contributed by atoms with Gasteiger partial charge in [-0.1, -0.05) is 13.3 Å². The Hall–Kier alpha value is -2.54. The Morgan fingerprint density at radius 1 is 1.24 bits per heavy atom. The number of fused-ring (bicyclic) bond motifs is 1. The van der Waals surface area contributed by atoms with E-state index < -0.39 is 5.91 Å². The minimum Gasteiger partial charge on any atom is -0.329 e. The average Bonchev–Trinajstić information content (AvgIpc) is 2.66. The maximum Gasteiger partial charge on any atom is 0.282 e. The van der Waals surface area contributed by atoms with Gasteiger partial charge in [0.1, 0.15) is 0 Å². The van der Waals surface area contributed by atoms with E-state index in [1.807, 2.05) is 34.1 Å². The number of aryl methyl sites for hydroxylation is 3. The highest BCUT2D eigenvalue weighted by atomic mass is 16.2. The van der Waals surface area contributed by atoms with Crippen LogP contribution in [0.25, 0.3) is 11.0 Å². The van der Waals surface area contributed by atoms with Gasteiger partial charge >= 0.3 is 0 Å². The van der Waals surface area contributed by atoms with Gasteiger partial charge in [0.25, 0.3) is 5.91 Å². The highest BCUT2D eigenvalue weighted by molar-refractivity contribution is 5.99. The fourth-order valence-electron chi connectivity index (χ4n) is 3.16. The van der Waals surface area contributed by atoms with Crippen LogP contribution in [0.1, 0.15) is 41.4 Å². The molecule has 29 heavy (non-hydrogen) atoms. The molecule has 1 aromatic carbocycles. The summed E-state index contributed by atoms with van der Waals surface area (Å²) >= 11 is 0. The maximum absolute atomic E-state index is 13.2. The predicted octanol–water partition coefficient (Wildman–Crippen LogP) is 2.29. The fourth-order valence-corrected chi connectivity index (χ4v) is 3.16. The van der Waals surface area contributed by atoms with Crippen LogP contribution in [0.5, 0.6) is 0 Å². The Balaban J connectivity index is 2.66. The number of quaternary nitrogens is 1. The van der Waals surface area contributed by atoms with E-state index in [1.54, 1.807) is 7.05 Å². The Morgan fingerprint density at radius 3 is 2.45 bits per heavy atom. The van der Waals surface area contributed by atoms with Crippen LogP contribution >= 0.6 is 0 Å². The number of benzene rings is 1. The van der Waals surface area contributed by atoms with Gasteiger partial charge in [0.2, 0.25) is 6.41 Å². The Morgan fingerprint density at radius 2 is 1.90 bits per heavy atom. The Bertz CT molecular complexity index is 970. The van der Waals surface area contributed by atoms with Crippen molar-refractivity contribution in [1.29, 1.82) is 0 Å². The highest BCUT2D eigenvalue weighted by Crippen LogP contribution is 2.18. The summed E-state index contributed by atoms with van der Waals surface area (Å²) < 4.78 is 2.72. The van der Waals surface area contributed by atoms with Gasteiger partial charge in [-0.2, -0.15) is 0 Å². The number of imide groups is 1. The van der Waals surface area contributed by atoms with Crippen LogP contribution in [0.4, 0.5) is 0 Å². The first-order chi connectivity index (χ1) is 13.6. The molecule has 0 N–H and O–H groups in total. The van der Waals surface area contributed by atoms with E-state index >= 15 is 0 Å². The molecule has 0 unspecified atom stereocenters. The van der Waals surface area contributed by atoms with Gasteiger partial charge in [0.15, 0.2) is 11.2 Å². The molecule has 0 spiro atoms. The van der Waals surface area contributed by atoms with Crippen molar-refractivity contribution in [3.63, 3.8) is 0 Å². The number of carbonyl (C=O) groups is 2. The zero-order valence-electron chi connectivity index (χ0n) is 18.8. The molecule has 7 nitrogen and oxygen atoms in total. The van der Waals surface area contributed by atoms with Crippen LogP contribution in [0, 0.1) is 13.8 Å². The highest BCUT2D eigenvalue weighted by Gasteiger charge is 2.23. The van der Waals surface area contributed by atoms with Crippen molar-refractivity contribution in [3.8, 4) is 0 Å². The summed E-state index contributed by atoms with van der Waals surface area (Å²) in [5, 5.41) is 0. The fraction of sp³-hybridized carbons (Fsp3) is 0.545. The Kier molecular flexibility index (Phi) is 7.30. The lowest BCUT2D eigenvalue weighted by atomic mass is 10.1. The lowest BCUT2D eigenvalue weighted by Crippen LogP contribution is -2.45. The smallest absolute Gasteiger partial charge is 0.282 e. The van der Waals surface area contributed by atoms with Gasteiger partial charge in [0, 0.05) is 13.6 Å². The van der Waals surface area contributed by atoms with E-state index in [1.165, 1.54) is 10.5 Å². The number of unbranched alkanes of at least 4 members (excludes halogenated alkanes) is 1. The molecular weight excluding hydrogens is 366 g/mol. The van der Waals surface area contributed by atoms with Crippen molar-refractivity contribution in [2.75, 3.05) is 41.3 Å². The maximum atomic E-state index is 13.2. The normalized spacial score (nSPS) is 12.4. The summed E-state index contributed by atoms with van der Waals surface area (Å²) in [7, 11) is 7.75. The van der Waals surface area contributed by atoms with Crippen molar-refractivity contribution in [2.24, 2.45) is 4.99 Å². The van der Waals surface area contributed by atoms with Crippen molar-refractivity contribution in [2.45, 2.75) is 40.2 Å². The quantitative estimate of drug-likeness (QED) is 0.504. The molecule has 158 valence electrons. The number of nitrogens with zero attached hydrogens (tertiary/aromatic N) is 5. The number of rotatable bonds is 8. The van der Waals surface area contributed by atoms with Crippen LogP contribution in [-0.2, 0) is 11.3 Å². The topological polar surface area (TPSA) is 67.6 Å². The van der Waals surface area contributed by atoms with Crippen molar-refractivity contribution >= 4 is 23.4 Å². The van der Waals surface area contributed by atoms with Gasteiger partial charge in [0.05, 0.1) is 45.3 Å². The number of hydrogen-bond acceptors (Lipinski definition) is 4. The third-order valence-corrected chi connectivity index (χ3v) is 5.13. The first-order valence-electron chi connectivity index (χ1n) is 10.1. The standard InChI is InChI=1S/C22H34N5O2/c1-8-9-10-26-19-14-17(3)16(2)13-18(19)24-20(21(26)23-4)22(29)25(15-28)11-12-27(5,6)7/h13-15H,8-12H2,1-7H3/q+1/b23-21+. The molecule has 0 saturated carbocycles. The van der Waals surface area contributed by atoms with Crippen LogP contribution in [-0.4, -0.2) is 72.5 Å². The second kappa shape index (κ2) is 9.31. The van der Waals surface area contributed by atoms with E-state index in [-0.39, 0.29) is 5.69 Å². The molecular formula is C22H34N5O2+. The summed E-state index contributed by atoms with van der Waals surface area (Å²) in [4.78, 5) is 35.2. The van der Waals surface area contributed by atoms with E-state index in [2.05, 4.69) is 34.5 Å². The van der Waals surface area contributed by atoms with Gasteiger partial charge in [-0.05, 0) is 43.5 Å². The third kappa shape index (κ3) is 5.29. The minimum absolute atomic E-state index is 0.230. The minimum atomic E-state index is -0.403. The van der Waals surface area contributed by atoms with Crippen LogP contribution in [0.15, 0.2) is 17.1 Å². The zero-order chi connectivity index (χ0) is 21.8. The van der Waals surface area contributed by atoms with E-state index in [9.17, 15) is 9.59 Å². The molecule has 0 fully saturated rings. The van der Waals surface area contributed by atoms with Gasteiger partial charge in [-0.3, -0.25) is 19.5 Å². The van der Waals surface area contributed by atoms with Gasteiger partial charge < -0.3 is 9.05 Å². The first kappa shape index (κ1) is 22.7. The first-order valence-corrected chi connectivity index (χ1v) is 10.1. The molecule has 7 heteroatoms. The second-order valence-electron chi connectivity index (χ2n) is 8.56. The van der Waals surface area contributed by atoms with Crippen LogP contribution in [0.3, 0.4) is 0 Å². The second-order valence-corrected chi connectivity index (χ2v) is 8.56. The van der Waals surface area contributed by atoms with E-state index in [4.69, 9.17) is 0 Å². The van der Waals surface area contributed by atoms with Crippen molar-refractivity contribution in [1.82, 2.24) is 14.5 Å². The Labute approximate surface area is 173 Å². The number of likely N-dealkylation sites (N-methyl/N-ethyl adjacent to an activating group) is 1. The molecule has 0 saturated heterocycles. The molecule has 0 bridgehead atoms. The molecule has 1 aromatic heterocycles. The molecule has 0 atom stereocenters. The molecule has 0 aliphatic heterocycles. The summed E-state index contributed by atoms with van der Waals surface area (Å²) in [6, 6.07) is 4.10. The monoisotopic (exact) mass is 400 g/mol. The third-order valence-electron chi connectivity index (χ3n) is 5.13. The summed E-state index contributed by atoms with van der Waals surface area (Å²) in [5.41, 5.74) is 4.75. The summed E-state index contributed by atoms with van der Waals surface area (Å²) in [5.74, 6) is -0.403. The number of hydrogen-bond donors (Lipinski definition) is 0. The number of aromatic nitrogens is 2. The largest absolute Gasteiger partial charge is 0.329 e. The lowest BCUT2D eigenvalue weighted by Gasteiger charge is -2.26. The summed E-state index contributed by atoms with van der Waals surface area (Å²) in [6.45, 7) is 7.96. The molecule has 1 heterocycles. The summed E-state index contributed by atoms with van der Waals surface area (Å²) in [6.07, 6.45) is 2.59. The van der Waals surface area contributed by atoms with Crippen LogP contribution in [0.2, 0.25) is 0 Å². The van der Waals surface area contributed by atoms with Gasteiger partial charge in [-0.15, -0.1) is 0 Å². The average molecular weight is 401 g/mol. The van der Waals surface area contributed by atoms with E-state index in [0.29, 0.717) is 29.5 Å².